The topological polar surface area (TPSA) is 48.4 Å². The molecule has 0 atom stereocenters. The van der Waals surface area contributed by atoms with Crippen LogP contribution >= 0.6 is 0 Å². The van der Waals surface area contributed by atoms with Crippen LogP contribution in [0.25, 0.3) is 11.3 Å². The van der Waals surface area contributed by atoms with E-state index < -0.39 is 0 Å². The number of carbonyl (C=O) groups excluding carboxylic acids is 1. The second kappa shape index (κ2) is 6.00. The number of hydrogen-bond donors (Lipinski definition) is 0. The van der Waals surface area contributed by atoms with Crippen LogP contribution in [0.2, 0.25) is 0 Å². The lowest BCUT2D eigenvalue weighted by atomic mass is 10.1. The van der Waals surface area contributed by atoms with Crippen molar-refractivity contribution in [3.63, 3.8) is 0 Å². The molecular formula is C15H15NO3. The quantitative estimate of drug-likeness (QED) is 0.790. The minimum Gasteiger partial charge on any atom is -0.496 e. The van der Waals surface area contributed by atoms with Crippen LogP contribution in [0.1, 0.15) is 17.3 Å². The van der Waals surface area contributed by atoms with Gasteiger partial charge in [0.25, 0.3) is 0 Å². The Kier molecular flexibility index (Phi) is 4.13. The van der Waals surface area contributed by atoms with Crippen molar-refractivity contribution in [3.8, 4) is 17.0 Å². The molecule has 1 heterocycles. The van der Waals surface area contributed by atoms with E-state index in [4.69, 9.17) is 9.47 Å². The van der Waals surface area contributed by atoms with E-state index in [1.54, 1.807) is 26.2 Å². The highest BCUT2D eigenvalue weighted by molar-refractivity contribution is 5.89. The summed E-state index contributed by atoms with van der Waals surface area (Å²) in [6.45, 7) is 2.13. The van der Waals surface area contributed by atoms with Gasteiger partial charge in [0, 0.05) is 11.8 Å². The summed E-state index contributed by atoms with van der Waals surface area (Å²) in [6, 6.07) is 11.1. The highest BCUT2D eigenvalue weighted by atomic mass is 16.5. The maximum absolute atomic E-state index is 11.5. The van der Waals surface area contributed by atoms with E-state index in [1.165, 1.54) is 6.20 Å². The first-order chi connectivity index (χ1) is 9.26. The number of benzene rings is 1. The van der Waals surface area contributed by atoms with E-state index in [1.807, 2.05) is 24.3 Å². The van der Waals surface area contributed by atoms with Gasteiger partial charge in [-0.05, 0) is 31.2 Å². The molecule has 0 N–H and O–H groups in total. The molecule has 0 saturated heterocycles. The number of rotatable bonds is 4. The molecule has 0 saturated carbocycles. The van der Waals surface area contributed by atoms with Crippen molar-refractivity contribution in [1.82, 2.24) is 4.98 Å². The zero-order chi connectivity index (χ0) is 13.7. The lowest BCUT2D eigenvalue weighted by Gasteiger charge is -2.08. The third-order valence-corrected chi connectivity index (χ3v) is 2.66. The van der Waals surface area contributed by atoms with Gasteiger partial charge in [0.05, 0.1) is 25.0 Å². The van der Waals surface area contributed by atoms with E-state index in [0.29, 0.717) is 12.2 Å². The van der Waals surface area contributed by atoms with Crippen molar-refractivity contribution < 1.29 is 14.3 Å². The summed E-state index contributed by atoms with van der Waals surface area (Å²) in [6.07, 6.45) is 1.51. The van der Waals surface area contributed by atoms with Crippen LogP contribution < -0.4 is 4.74 Å². The number of nitrogens with zero attached hydrogens (tertiary/aromatic N) is 1. The number of ether oxygens (including phenoxy) is 2. The molecule has 19 heavy (non-hydrogen) atoms. The zero-order valence-corrected chi connectivity index (χ0v) is 10.9. The molecule has 0 radical (unpaired) electrons. The summed E-state index contributed by atoms with van der Waals surface area (Å²) in [5.41, 5.74) is 2.09. The average Bonchev–Trinajstić information content (AvgIpc) is 2.47. The molecule has 0 unspecified atom stereocenters. The van der Waals surface area contributed by atoms with Crippen LogP contribution in [-0.4, -0.2) is 24.7 Å². The molecule has 98 valence electrons. The fourth-order valence-electron chi connectivity index (χ4n) is 1.74. The molecule has 0 aliphatic heterocycles. The van der Waals surface area contributed by atoms with Crippen LogP contribution in [-0.2, 0) is 4.74 Å². The van der Waals surface area contributed by atoms with Gasteiger partial charge in [0.15, 0.2) is 0 Å². The first-order valence-corrected chi connectivity index (χ1v) is 6.02. The summed E-state index contributed by atoms with van der Waals surface area (Å²) in [5, 5.41) is 0. The monoisotopic (exact) mass is 257 g/mol. The number of aromatic nitrogens is 1. The van der Waals surface area contributed by atoms with E-state index >= 15 is 0 Å². The summed E-state index contributed by atoms with van der Waals surface area (Å²) < 4.78 is 10.2. The summed E-state index contributed by atoms with van der Waals surface area (Å²) in [7, 11) is 1.62. The Morgan fingerprint density at radius 3 is 2.63 bits per heavy atom. The normalized spacial score (nSPS) is 10.0. The van der Waals surface area contributed by atoms with E-state index in [9.17, 15) is 4.79 Å². The van der Waals surface area contributed by atoms with Gasteiger partial charge in [0.2, 0.25) is 0 Å². The van der Waals surface area contributed by atoms with Crippen molar-refractivity contribution in [2.24, 2.45) is 0 Å². The second-order valence-electron chi connectivity index (χ2n) is 3.85. The van der Waals surface area contributed by atoms with Crippen molar-refractivity contribution in [2.75, 3.05) is 13.7 Å². The van der Waals surface area contributed by atoms with Gasteiger partial charge in [0.1, 0.15) is 5.75 Å². The van der Waals surface area contributed by atoms with E-state index in [-0.39, 0.29) is 5.97 Å². The summed E-state index contributed by atoms with van der Waals surface area (Å²) in [5.74, 6) is 0.389. The van der Waals surface area contributed by atoms with Crippen molar-refractivity contribution in [1.29, 1.82) is 0 Å². The molecule has 4 heteroatoms. The van der Waals surface area contributed by atoms with Crippen LogP contribution in [0.4, 0.5) is 0 Å². The molecule has 1 aromatic heterocycles. The van der Waals surface area contributed by atoms with Crippen molar-refractivity contribution in [2.45, 2.75) is 6.92 Å². The second-order valence-corrected chi connectivity index (χ2v) is 3.85. The Balaban J connectivity index is 2.30. The van der Waals surface area contributed by atoms with Crippen LogP contribution in [0.15, 0.2) is 42.6 Å². The number of methoxy groups -OCH3 is 1. The summed E-state index contributed by atoms with van der Waals surface area (Å²) in [4.78, 5) is 15.8. The fourth-order valence-corrected chi connectivity index (χ4v) is 1.74. The van der Waals surface area contributed by atoms with Gasteiger partial charge >= 0.3 is 5.97 Å². The van der Waals surface area contributed by atoms with Gasteiger partial charge < -0.3 is 9.47 Å². The molecular weight excluding hydrogens is 242 g/mol. The van der Waals surface area contributed by atoms with Gasteiger partial charge in [-0.2, -0.15) is 0 Å². The molecule has 0 spiro atoms. The Morgan fingerprint density at radius 2 is 2.00 bits per heavy atom. The first-order valence-electron chi connectivity index (χ1n) is 6.02. The highest BCUT2D eigenvalue weighted by Crippen LogP contribution is 2.27. The lowest BCUT2D eigenvalue weighted by molar-refractivity contribution is 0.0526. The molecule has 1 aromatic carbocycles. The van der Waals surface area contributed by atoms with Gasteiger partial charge in [-0.15, -0.1) is 0 Å². The molecule has 0 bridgehead atoms. The molecule has 0 aliphatic rings. The smallest absolute Gasteiger partial charge is 0.339 e. The molecule has 2 aromatic rings. The van der Waals surface area contributed by atoms with E-state index in [2.05, 4.69) is 4.98 Å². The van der Waals surface area contributed by atoms with Gasteiger partial charge in [-0.3, -0.25) is 4.98 Å². The predicted octanol–water partition coefficient (Wildman–Crippen LogP) is 2.93. The highest BCUT2D eigenvalue weighted by Gasteiger charge is 2.09. The average molecular weight is 257 g/mol. The standard InChI is InChI=1S/C15H15NO3/c1-3-19-15(17)11-8-9-13(16-10-11)12-6-4-5-7-14(12)18-2/h4-10H,3H2,1-2H3. The largest absolute Gasteiger partial charge is 0.496 e. The number of carbonyl (C=O) groups is 1. The summed E-state index contributed by atoms with van der Waals surface area (Å²) >= 11 is 0. The Bertz CT molecular complexity index is 564. The number of esters is 1. The lowest BCUT2D eigenvalue weighted by Crippen LogP contribution is -2.05. The molecule has 0 amide bonds. The number of pyridine rings is 1. The third-order valence-electron chi connectivity index (χ3n) is 2.66. The van der Waals surface area contributed by atoms with E-state index in [0.717, 1.165) is 17.0 Å². The van der Waals surface area contributed by atoms with Crippen molar-refractivity contribution >= 4 is 5.97 Å². The minimum atomic E-state index is -0.360. The van der Waals surface area contributed by atoms with Gasteiger partial charge in [-0.25, -0.2) is 4.79 Å². The Hall–Kier alpha value is -2.36. The molecule has 4 nitrogen and oxygen atoms in total. The van der Waals surface area contributed by atoms with Crippen molar-refractivity contribution in [3.05, 3.63) is 48.2 Å². The van der Waals surface area contributed by atoms with Crippen LogP contribution in [0.3, 0.4) is 0 Å². The zero-order valence-electron chi connectivity index (χ0n) is 10.9. The Labute approximate surface area is 112 Å². The number of para-hydroxylation sites is 1. The minimum absolute atomic E-state index is 0.354. The fraction of sp³-hybridized carbons (Fsp3) is 0.200. The van der Waals surface area contributed by atoms with Crippen LogP contribution in [0, 0.1) is 0 Å². The maximum atomic E-state index is 11.5. The van der Waals surface area contributed by atoms with Crippen LogP contribution in [0.5, 0.6) is 5.75 Å². The first kappa shape index (κ1) is 13.1. The molecule has 0 fully saturated rings. The molecule has 0 aliphatic carbocycles. The maximum Gasteiger partial charge on any atom is 0.339 e. The van der Waals surface area contributed by atoms with Gasteiger partial charge in [-0.1, -0.05) is 12.1 Å². The predicted molar refractivity (Wildman–Crippen MR) is 72.2 cm³/mol. The number of hydrogen-bond acceptors (Lipinski definition) is 4. The Morgan fingerprint density at radius 1 is 1.21 bits per heavy atom. The molecule has 2 rings (SSSR count). The third kappa shape index (κ3) is 2.91. The SMILES string of the molecule is CCOC(=O)c1ccc(-c2ccccc2OC)nc1.